The summed E-state index contributed by atoms with van der Waals surface area (Å²) >= 11 is 11.7. The van der Waals surface area contributed by atoms with Gasteiger partial charge in [0.15, 0.2) is 5.03 Å². The number of aromatic nitrogens is 2. The molecular weight excluding hydrogens is 373 g/mol. The van der Waals surface area contributed by atoms with Crippen LogP contribution in [-0.2, 0) is 9.84 Å². The topological polar surface area (TPSA) is 72.3 Å². The molecule has 0 aliphatic heterocycles. The van der Waals surface area contributed by atoms with Crippen molar-refractivity contribution in [3.05, 3.63) is 40.5 Å². The first-order valence-corrected chi connectivity index (χ1v) is 9.59. The third-order valence-electron chi connectivity index (χ3n) is 3.33. The minimum absolute atomic E-state index is 0.0707. The lowest BCUT2D eigenvalue weighted by Gasteiger charge is -2.19. The van der Waals surface area contributed by atoms with E-state index in [1.165, 1.54) is 30.5 Å². The molecule has 1 amide bonds. The van der Waals surface area contributed by atoms with Gasteiger partial charge in [-0.05, 0) is 37.6 Å². The zero-order valence-corrected chi connectivity index (χ0v) is 15.6. The Morgan fingerprint density at radius 1 is 1.21 bits per heavy atom. The van der Waals surface area contributed by atoms with Crippen LogP contribution in [0.3, 0.4) is 0 Å². The van der Waals surface area contributed by atoms with Crippen molar-refractivity contribution < 1.29 is 13.2 Å². The van der Waals surface area contributed by atoms with Crippen LogP contribution in [0.1, 0.15) is 20.3 Å². The number of sulfone groups is 1. The molecule has 24 heavy (non-hydrogen) atoms. The molecule has 1 aromatic carbocycles. The van der Waals surface area contributed by atoms with Crippen LogP contribution in [0.5, 0.6) is 0 Å². The second-order valence-corrected chi connectivity index (χ2v) is 7.84. The summed E-state index contributed by atoms with van der Waals surface area (Å²) in [5, 5.41) is 4.10. The van der Waals surface area contributed by atoms with E-state index in [1.807, 2.05) is 13.8 Å². The molecule has 9 heteroatoms. The molecule has 0 N–H and O–H groups in total. The molecule has 0 atom stereocenters. The lowest BCUT2D eigenvalue weighted by atomic mass is 10.4. The predicted molar refractivity (Wildman–Crippen MR) is 92.5 cm³/mol. The number of hydrogen-bond donors (Lipinski definition) is 0. The standard InChI is InChI=1S/C15H17Cl2N3O3S/c1-3-6-19(4-2)15(21)20-7-5-14(18-20)24(22,23)13-9-11(16)8-12(17)10-13/h5,7-10H,3-4,6H2,1-2H3. The van der Waals surface area contributed by atoms with E-state index in [4.69, 9.17) is 23.2 Å². The Balaban J connectivity index is 2.37. The Morgan fingerprint density at radius 2 is 1.83 bits per heavy atom. The molecule has 0 radical (unpaired) electrons. The fourth-order valence-electron chi connectivity index (χ4n) is 2.17. The number of carbonyl (C=O) groups excluding carboxylic acids is 1. The highest BCUT2D eigenvalue weighted by Gasteiger charge is 2.24. The minimum atomic E-state index is -3.91. The molecular formula is C15H17Cl2N3O3S. The van der Waals surface area contributed by atoms with Crippen molar-refractivity contribution >= 4 is 39.1 Å². The zero-order valence-electron chi connectivity index (χ0n) is 13.2. The Bertz CT molecular complexity index is 829. The summed E-state index contributed by atoms with van der Waals surface area (Å²) in [5.74, 6) is 0. The summed E-state index contributed by atoms with van der Waals surface area (Å²) in [4.78, 5) is 13.9. The van der Waals surface area contributed by atoms with Crippen molar-refractivity contribution in [3.8, 4) is 0 Å². The zero-order chi connectivity index (χ0) is 17.9. The molecule has 130 valence electrons. The summed E-state index contributed by atoms with van der Waals surface area (Å²) in [6.45, 7) is 4.89. The van der Waals surface area contributed by atoms with Crippen LogP contribution >= 0.6 is 23.2 Å². The minimum Gasteiger partial charge on any atom is -0.323 e. The van der Waals surface area contributed by atoms with Gasteiger partial charge in [0.2, 0.25) is 9.84 Å². The van der Waals surface area contributed by atoms with Gasteiger partial charge in [-0.25, -0.2) is 13.2 Å². The van der Waals surface area contributed by atoms with Gasteiger partial charge in [0.25, 0.3) is 0 Å². The summed E-state index contributed by atoms with van der Waals surface area (Å²) in [5.41, 5.74) is 0. The van der Waals surface area contributed by atoms with Crippen molar-refractivity contribution in [1.29, 1.82) is 0 Å². The van der Waals surface area contributed by atoms with E-state index in [0.717, 1.165) is 11.1 Å². The van der Waals surface area contributed by atoms with Gasteiger partial charge in [-0.2, -0.15) is 9.78 Å². The SMILES string of the molecule is CCCN(CC)C(=O)n1ccc(S(=O)(=O)c2cc(Cl)cc(Cl)c2)n1. The van der Waals surface area contributed by atoms with Crippen LogP contribution in [0, 0.1) is 0 Å². The van der Waals surface area contributed by atoms with E-state index in [9.17, 15) is 13.2 Å². The fourth-order valence-corrected chi connectivity index (χ4v) is 4.06. The Kier molecular flexibility index (Phi) is 5.90. The van der Waals surface area contributed by atoms with Gasteiger partial charge in [0, 0.05) is 29.3 Å². The fraction of sp³-hybridized carbons (Fsp3) is 0.333. The molecule has 0 aliphatic rings. The van der Waals surface area contributed by atoms with E-state index < -0.39 is 9.84 Å². The summed E-state index contributed by atoms with van der Waals surface area (Å²) in [7, 11) is -3.91. The van der Waals surface area contributed by atoms with Crippen LogP contribution in [0.25, 0.3) is 0 Å². The van der Waals surface area contributed by atoms with E-state index in [-0.39, 0.29) is 26.0 Å². The number of benzene rings is 1. The van der Waals surface area contributed by atoms with E-state index in [1.54, 1.807) is 4.90 Å². The summed E-state index contributed by atoms with van der Waals surface area (Å²) < 4.78 is 26.3. The quantitative estimate of drug-likeness (QED) is 0.780. The first-order valence-electron chi connectivity index (χ1n) is 7.35. The molecule has 0 spiro atoms. The average Bonchev–Trinajstić information content (AvgIpc) is 3.01. The van der Waals surface area contributed by atoms with Crippen molar-refractivity contribution in [2.45, 2.75) is 30.2 Å². The number of halogens is 2. The van der Waals surface area contributed by atoms with Gasteiger partial charge in [-0.1, -0.05) is 30.1 Å². The van der Waals surface area contributed by atoms with E-state index >= 15 is 0 Å². The van der Waals surface area contributed by atoms with Crippen LogP contribution in [0.2, 0.25) is 10.0 Å². The Labute approximate surface area is 150 Å². The van der Waals surface area contributed by atoms with Gasteiger partial charge in [0.1, 0.15) is 0 Å². The molecule has 0 bridgehead atoms. The summed E-state index contributed by atoms with van der Waals surface area (Å²) in [6, 6.07) is 4.93. The molecule has 1 aromatic heterocycles. The molecule has 0 fully saturated rings. The first-order chi connectivity index (χ1) is 11.3. The van der Waals surface area contributed by atoms with Crippen molar-refractivity contribution in [1.82, 2.24) is 14.7 Å². The van der Waals surface area contributed by atoms with Gasteiger partial charge >= 0.3 is 6.03 Å². The van der Waals surface area contributed by atoms with Crippen molar-refractivity contribution in [2.24, 2.45) is 0 Å². The number of hydrogen-bond acceptors (Lipinski definition) is 4. The monoisotopic (exact) mass is 389 g/mol. The van der Waals surface area contributed by atoms with Crippen LogP contribution in [0.15, 0.2) is 40.4 Å². The lowest BCUT2D eigenvalue weighted by molar-refractivity contribution is 0.198. The second-order valence-electron chi connectivity index (χ2n) is 5.07. The van der Waals surface area contributed by atoms with Crippen molar-refractivity contribution in [3.63, 3.8) is 0 Å². The van der Waals surface area contributed by atoms with E-state index in [0.29, 0.717) is 13.1 Å². The van der Waals surface area contributed by atoms with Crippen LogP contribution < -0.4 is 0 Å². The highest BCUT2D eigenvalue weighted by molar-refractivity contribution is 7.91. The normalized spacial score (nSPS) is 11.5. The molecule has 0 saturated heterocycles. The van der Waals surface area contributed by atoms with Crippen LogP contribution in [0.4, 0.5) is 4.79 Å². The number of rotatable bonds is 5. The summed E-state index contributed by atoms with van der Waals surface area (Å²) in [6.07, 6.45) is 2.13. The first kappa shape index (κ1) is 18.8. The molecule has 6 nitrogen and oxygen atoms in total. The van der Waals surface area contributed by atoms with Crippen LogP contribution in [-0.4, -0.2) is 42.2 Å². The van der Waals surface area contributed by atoms with E-state index in [2.05, 4.69) is 5.10 Å². The van der Waals surface area contributed by atoms with Gasteiger partial charge in [-0.3, -0.25) is 0 Å². The lowest BCUT2D eigenvalue weighted by Crippen LogP contribution is -2.35. The number of nitrogens with zero attached hydrogens (tertiary/aromatic N) is 3. The van der Waals surface area contributed by atoms with Crippen molar-refractivity contribution in [2.75, 3.05) is 13.1 Å². The molecule has 0 saturated carbocycles. The Morgan fingerprint density at radius 3 is 2.38 bits per heavy atom. The molecule has 1 heterocycles. The molecule has 2 rings (SSSR count). The maximum atomic E-state index is 12.6. The number of carbonyl (C=O) groups is 1. The smallest absolute Gasteiger partial charge is 0.323 e. The van der Waals surface area contributed by atoms with Gasteiger partial charge < -0.3 is 4.90 Å². The third kappa shape index (κ3) is 3.91. The second kappa shape index (κ2) is 7.55. The maximum absolute atomic E-state index is 12.6. The number of amides is 1. The van der Waals surface area contributed by atoms with Gasteiger partial charge in [0.05, 0.1) is 4.90 Å². The molecule has 0 aliphatic carbocycles. The highest BCUT2D eigenvalue weighted by atomic mass is 35.5. The predicted octanol–water partition coefficient (Wildman–Crippen LogP) is 3.72. The molecule has 2 aromatic rings. The highest BCUT2D eigenvalue weighted by Crippen LogP contribution is 2.26. The Hall–Kier alpha value is -1.57. The third-order valence-corrected chi connectivity index (χ3v) is 5.39. The largest absolute Gasteiger partial charge is 0.344 e. The average molecular weight is 390 g/mol. The maximum Gasteiger partial charge on any atom is 0.344 e. The van der Waals surface area contributed by atoms with Gasteiger partial charge in [-0.15, -0.1) is 0 Å². The molecule has 0 unspecified atom stereocenters.